The molecule has 0 amide bonds. The summed E-state index contributed by atoms with van der Waals surface area (Å²) in [6, 6.07) is 0. The molecule has 0 saturated carbocycles. The van der Waals surface area contributed by atoms with Crippen LogP contribution in [0, 0.1) is 10.8 Å². The van der Waals surface area contributed by atoms with Gasteiger partial charge in [0, 0.05) is 0 Å². The van der Waals surface area contributed by atoms with E-state index in [-0.39, 0.29) is 11.4 Å². The number of hydrogen-bond donors (Lipinski definition) is 0. The quantitative estimate of drug-likeness (QED) is 0.547. The molecule has 0 aromatic rings. The van der Waals surface area contributed by atoms with Crippen LogP contribution >= 0.6 is 0 Å². The Bertz CT molecular complexity index is 241. The fourth-order valence-corrected chi connectivity index (χ4v) is 1.58. The molecule has 0 aromatic carbocycles. The molecule has 0 spiro atoms. The van der Waals surface area contributed by atoms with Gasteiger partial charge in [-0.15, -0.1) is 0 Å². The summed E-state index contributed by atoms with van der Waals surface area (Å²) in [4.78, 5) is 21.7. The van der Waals surface area contributed by atoms with Crippen LogP contribution in [0.3, 0.4) is 0 Å². The third kappa shape index (κ3) is 6.83. The molecule has 0 aliphatic heterocycles. The van der Waals surface area contributed by atoms with Crippen LogP contribution in [-0.4, -0.2) is 11.6 Å². The Hall–Kier alpha value is -0.570. The first-order valence-corrected chi connectivity index (χ1v) is 5.74. The van der Waals surface area contributed by atoms with Crippen LogP contribution in [0.5, 0.6) is 0 Å². The number of hydrogen-bond acceptors (Lipinski definition) is 3. The smallest absolute Gasteiger partial charge is 0.297 e. The van der Waals surface area contributed by atoms with Gasteiger partial charge >= 0.3 is 5.97 Å². The summed E-state index contributed by atoms with van der Waals surface area (Å²) >= 11 is 0. The molecule has 3 heteroatoms. The zero-order chi connectivity index (χ0) is 13.2. The van der Waals surface area contributed by atoms with Crippen LogP contribution in [0.25, 0.3) is 0 Å². The molecule has 0 bridgehead atoms. The monoisotopic (exact) mass is 230 g/mol. The first-order chi connectivity index (χ1) is 6.83. The van der Waals surface area contributed by atoms with Crippen molar-refractivity contribution >= 4 is 5.97 Å². The molecule has 0 heterocycles. The van der Waals surface area contributed by atoms with Crippen molar-refractivity contribution in [1.29, 1.82) is 0 Å². The molecular weight excluding hydrogens is 204 g/mol. The Balaban J connectivity index is 4.25. The van der Waals surface area contributed by atoms with E-state index in [0.717, 1.165) is 6.42 Å². The van der Waals surface area contributed by atoms with Crippen molar-refractivity contribution in [1.82, 2.24) is 0 Å². The Morgan fingerprint density at radius 2 is 1.38 bits per heavy atom. The van der Waals surface area contributed by atoms with E-state index in [0.29, 0.717) is 0 Å². The summed E-state index contributed by atoms with van der Waals surface area (Å²) in [6.45, 7) is 15.6. The van der Waals surface area contributed by atoms with Gasteiger partial charge in [-0.3, -0.25) is 4.89 Å². The number of carbonyl (C=O) groups excluding carboxylic acids is 1. The third-order valence-corrected chi connectivity index (χ3v) is 1.91. The van der Waals surface area contributed by atoms with Crippen LogP contribution in [0.4, 0.5) is 0 Å². The molecule has 0 radical (unpaired) electrons. The lowest BCUT2D eigenvalue weighted by Crippen LogP contribution is -2.33. The molecule has 0 aliphatic rings. The van der Waals surface area contributed by atoms with Crippen LogP contribution in [0.2, 0.25) is 0 Å². The van der Waals surface area contributed by atoms with Gasteiger partial charge in [0.2, 0.25) is 0 Å². The van der Waals surface area contributed by atoms with Crippen LogP contribution in [-0.2, 0) is 14.6 Å². The van der Waals surface area contributed by atoms with Crippen molar-refractivity contribution in [3.05, 3.63) is 0 Å². The first-order valence-electron chi connectivity index (χ1n) is 5.74. The summed E-state index contributed by atoms with van der Waals surface area (Å²) in [5, 5.41) is 0. The molecular formula is C13H26O3. The lowest BCUT2D eigenvalue weighted by molar-refractivity contribution is -0.334. The molecule has 0 atom stereocenters. The largest absolute Gasteiger partial charge is 0.347 e. The summed E-state index contributed by atoms with van der Waals surface area (Å²) in [7, 11) is 0. The minimum Gasteiger partial charge on any atom is -0.297 e. The van der Waals surface area contributed by atoms with Gasteiger partial charge in [-0.2, -0.15) is 4.89 Å². The van der Waals surface area contributed by atoms with Gasteiger partial charge in [0.05, 0.1) is 5.41 Å². The minimum atomic E-state index is -0.530. The maximum absolute atomic E-state index is 11.5. The molecule has 0 rings (SSSR count). The van der Waals surface area contributed by atoms with E-state index in [1.54, 1.807) is 20.8 Å². The zero-order valence-corrected chi connectivity index (χ0v) is 11.9. The molecule has 3 nitrogen and oxygen atoms in total. The van der Waals surface area contributed by atoms with E-state index in [4.69, 9.17) is 9.78 Å². The van der Waals surface area contributed by atoms with Gasteiger partial charge in [-0.25, -0.2) is 4.79 Å². The second-order valence-corrected chi connectivity index (χ2v) is 7.20. The molecule has 0 fully saturated rings. The van der Waals surface area contributed by atoms with Crippen molar-refractivity contribution in [2.75, 3.05) is 0 Å². The Labute approximate surface area is 99.4 Å². The summed E-state index contributed by atoms with van der Waals surface area (Å²) in [5.41, 5.74) is -0.853. The first kappa shape index (κ1) is 15.4. The fraction of sp³-hybridized carbons (Fsp3) is 0.923. The van der Waals surface area contributed by atoms with Gasteiger partial charge in [0.25, 0.3) is 0 Å². The van der Waals surface area contributed by atoms with Gasteiger partial charge in [-0.1, -0.05) is 20.8 Å². The Morgan fingerprint density at radius 1 is 0.938 bits per heavy atom. The second-order valence-electron chi connectivity index (χ2n) is 7.20. The van der Waals surface area contributed by atoms with E-state index in [9.17, 15) is 4.79 Å². The predicted molar refractivity (Wildman–Crippen MR) is 64.8 cm³/mol. The molecule has 0 saturated heterocycles. The van der Waals surface area contributed by atoms with Crippen molar-refractivity contribution in [3.8, 4) is 0 Å². The molecule has 96 valence electrons. The Kier molecular flexibility index (Phi) is 4.57. The van der Waals surface area contributed by atoms with Crippen molar-refractivity contribution in [3.63, 3.8) is 0 Å². The van der Waals surface area contributed by atoms with Gasteiger partial charge in [0.1, 0.15) is 5.60 Å². The number of rotatable bonds is 3. The highest BCUT2D eigenvalue weighted by molar-refractivity contribution is 5.74. The number of carbonyl (C=O) groups is 1. The van der Waals surface area contributed by atoms with Crippen LogP contribution in [0.15, 0.2) is 0 Å². The molecule has 0 unspecified atom stereocenters. The van der Waals surface area contributed by atoms with Crippen LogP contribution in [0.1, 0.15) is 61.8 Å². The average Bonchev–Trinajstić information content (AvgIpc) is 1.93. The third-order valence-electron chi connectivity index (χ3n) is 1.91. The highest BCUT2D eigenvalue weighted by atomic mass is 17.2. The second kappa shape index (κ2) is 4.74. The van der Waals surface area contributed by atoms with Gasteiger partial charge in [-0.05, 0) is 46.5 Å². The van der Waals surface area contributed by atoms with E-state index < -0.39 is 11.0 Å². The van der Waals surface area contributed by atoms with Crippen molar-refractivity contribution in [2.24, 2.45) is 10.8 Å². The van der Waals surface area contributed by atoms with E-state index >= 15 is 0 Å². The molecule has 0 aromatic heterocycles. The van der Waals surface area contributed by atoms with E-state index in [2.05, 4.69) is 20.8 Å². The summed E-state index contributed by atoms with van der Waals surface area (Å²) in [5.74, 6) is -0.338. The predicted octanol–water partition coefficient (Wildman–Crippen LogP) is 3.72. The van der Waals surface area contributed by atoms with Gasteiger partial charge < -0.3 is 0 Å². The topological polar surface area (TPSA) is 35.5 Å². The fourth-order valence-electron chi connectivity index (χ4n) is 1.58. The van der Waals surface area contributed by atoms with Crippen molar-refractivity contribution in [2.45, 2.75) is 67.4 Å². The maximum atomic E-state index is 11.5. The lowest BCUT2D eigenvalue weighted by Gasteiger charge is -2.31. The minimum absolute atomic E-state index is 0.137. The average molecular weight is 230 g/mol. The highest BCUT2D eigenvalue weighted by Crippen LogP contribution is 2.30. The zero-order valence-electron chi connectivity index (χ0n) is 11.9. The van der Waals surface area contributed by atoms with Crippen LogP contribution < -0.4 is 0 Å². The SMILES string of the molecule is CC(C)(C)CC(C)(C)OOC(=O)C(C)(C)C. The summed E-state index contributed by atoms with van der Waals surface area (Å²) < 4.78 is 0. The normalized spacial score (nSPS) is 13.8. The van der Waals surface area contributed by atoms with E-state index in [1.165, 1.54) is 0 Å². The highest BCUT2D eigenvalue weighted by Gasteiger charge is 2.31. The van der Waals surface area contributed by atoms with Gasteiger partial charge in [0.15, 0.2) is 0 Å². The molecule has 0 aliphatic carbocycles. The summed E-state index contributed by atoms with van der Waals surface area (Å²) in [6.07, 6.45) is 0.817. The molecule has 0 N–H and O–H groups in total. The standard InChI is InChI=1S/C13H26O3/c1-11(2,3)9-13(7,8)16-15-10(14)12(4,5)6/h9H2,1-8H3. The van der Waals surface area contributed by atoms with Crippen molar-refractivity contribution < 1.29 is 14.6 Å². The maximum Gasteiger partial charge on any atom is 0.347 e. The lowest BCUT2D eigenvalue weighted by atomic mass is 9.84. The Morgan fingerprint density at radius 3 is 1.69 bits per heavy atom. The van der Waals surface area contributed by atoms with E-state index in [1.807, 2.05) is 13.8 Å². The molecule has 16 heavy (non-hydrogen) atoms.